The average Bonchev–Trinajstić information content (AvgIpc) is 2.86. The van der Waals surface area contributed by atoms with Crippen LogP contribution < -0.4 is 0 Å². The van der Waals surface area contributed by atoms with E-state index in [9.17, 15) is 4.79 Å². The summed E-state index contributed by atoms with van der Waals surface area (Å²) >= 11 is 0. The molecule has 0 radical (unpaired) electrons. The number of carbonyl (C=O) groups excluding carboxylic acids is 1. The van der Waals surface area contributed by atoms with E-state index in [0.717, 1.165) is 11.1 Å². The van der Waals surface area contributed by atoms with Gasteiger partial charge in [-0.2, -0.15) is 0 Å². The van der Waals surface area contributed by atoms with E-state index in [0.29, 0.717) is 11.1 Å². The van der Waals surface area contributed by atoms with Gasteiger partial charge in [0.25, 0.3) is 0 Å². The van der Waals surface area contributed by atoms with Gasteiger partial charge in [0.05, 0.1) is 0 Å². The molecule has 0 atom stereocenters. The minimum atomic E-state index is -1.38. The fourth-order valence-electron chi connectivity index (χ4n) is 3.84. The molecule has 4 aromatic carbocycles. The summed E-state index contributed by atoms with van der Waals surface area (Å²) < 4.78 is 12.2. The number of hydrogen-bond acceptors (Lipinski definition) is 3. The van der Waals surface area contributed by atoms with E-state index in [-0.39, 0.29) is 0 Å². The number of benzene rings is 4. The second-order valence-electron chi connectivity index (χ2n) is 7.22. The first kappa shape index (κ1) is 20.6. The lowest BCUT2D eigenvalue weighted by Gasteiger charge is -2.33. The number of ether oxygens (including phenoxy) is 2. The summed E-state index contributed by atoms with van der Waals surface area (Å²) in [5.41, 5.74) is 1.84. The quantitative estimate of drug-likeness (QED) is 0.357. The second-order valence-corrected chi connectivity index (χ2v) is 7.22. The van der Waals surface area contributed by atoms with Gasteiger partial charge in [0.2, 0.25) is 5.60 Å². The van der Waals surface area contributed by atoms with Crippen LogP contribution in [0.4, 0.5) is 0 Å². The van der Waals surface area contributed by atoms with Crippen LogP contribution in [-0.4, -0.2) is 13.1 Å². The second kappa shape index (κ2) is 9.41. The van der Waals surface area contributed by atoms with Crippen molar-refractivity contribution in [2.75, 3.05) is 7.11 Å². The zero-order valence-corrected chi connectivity index (χ0v) is 17.3. The van der Waals surface area contributed by atoms with Crippen molar-refractivity contribution in [1.82, 2.24) is 0 Å². The molecule has 3 nitrogen and oxygen atoms in total. The molecule has 0 unspecified atom stereocenters. The molecule has 0 N–H and O–H groups in total. The Morgan fingerprint density at radius 1 is 0.613 bits per heavy atom. The molecule has 0 aromatic heterocycles. The zero-order valence-electron chi connectivity index (χ0n) is 17.3. The summed E-state index contributed by atoms with van der Waals surface area (Å²) in [6.45, 7) is 0. The highest BCUT2D eigenvalue weighted by Crippen LogP contribution is 2.37. The van der Waals surface area contributed by atoms with Crippen molar-refractivity contribution in [2.45, 2.75) is 11.7 Å². The first-order valence-electron chi connectivity index (χ1n) is 10.2. The van der Waals surface area contributed by atoms with Crippen LogP contribution in [-0.2, 0) is 19.9 Å². The number of methoxy groups -OCH3 is 1. The average molecular weight is 408 g/mol. The topological polar surface area (TPSA) is 35.5 Å². The highest BCUT2D eigenvalue weighted by molar-refractivity contribution is 5.86. The van der Waals surface area contributed by atoms with E-state index in [1.165, 1.54) is 0 Å². The maximum atomic E-state index is 13.9. The molecular weight excluding hydrogens is 384 g/mol. The van der Waals surface area contributed by atoms with E-state index in [1.54, 1.807) is 7.11 Å². The van der Waals surface area contributed by atoms with Gasteiger partial charge in [-0.15, -0.1) is 0 Å². The van der Waals surface area contributed by atoms with Crippen LogP contribution in [0.1, 0.15) is 28.4 Å². The van der Waals surface area contributed by atoms with Crippen LogP contribution in [0.3, 0.4) is 0 Å². The fraction of sp³-hybridized carbons (Fsp3) is 0.107. The molecule has 31 heavy (non-hydrogen) atoms. The van der Waals surface area contributed by atoms with E-state index in [1.807, 2.05) is 121 Å². The molecule has 3 heteroatoms. The SMILES string of the molecule is COC(C(=O)OC(c1ccccc1)c1ccccc1)(c1ccccc1)c1ccccc1. The summed E-state index contributed by atoms with van der Waals surface area (Å²) in [4.78, 5) is 13.9. The molecule has 0 heterocycles. The smallest absolute Gasteiger partial charge is 0.348 e. The molecule has 0 saturated heterocycles. The fourth-order valence-corrected chi connectivity index (χ4v) is 3.84. The van der Waals surface area contributed by atoms with Gasteiger partial charge in [-0.05, 0) is 22.3 Å². The van der Waals surface area contributed by atoms with Crippen molar-refractivity contribution >= 4 is 5.97 Å². The van der Waals surface area contributed by atoms with Crippen molar-refractivity contribution in [1.29, 1.82) is 0 Å². The molecule has 0 aliphatic heterocycles. The van der Waals surface area contributed by atoms with Gasteiger partial charge in [-0.25, -0.2) is 4.79 Å². The van der Waals surface area contributed by atoms with E-state index in [2.05, 4.69) is 0 Å². The summed E-state index contributed by atoms with van der Waals surface area (Å²) in [6, 6.07) is 38.5. The van der Waals surface area contributed by atoms with Gasteiger partial charge in [0, 0.05) is 7.11 Å². The Kier molecular flexibility index (Phi) is 6.25. The van der Waals surface area contributed by atoms with Crippen LogP contribution in [0, 0.1) is 0 Å². The molecule has 154 valence electrons. The van der Waals surface area contributed by atoms with Crippen LogP contribution >= 0.6 is 0 Å². The summed E-state index contributed by atoms with van der Waals surface area (Å²) in [5.74, 6) is -0.467. The summed E-state index contributed by atoms with van der Waals surface area (Å²) in [6.07, 6.45) is -0.558. The van der Waals surface area contributed by atoms with Crippen molar-refractivity contribution < 1.29 is 14.3 Å². The summed E-state index contributed by atoms with van der Waals surface area (Å²) in [5, 5.41) is 0. The van der Waals surface area contributed by atoms with Crippen molar-refractivity contribution in [3.05, 3.63) is 144 Å². The predicted octanol–water partition coefficient (Wildman–Crippen LogP) is 5.91. The molecule has 0 bridgehead atoms. The molecular formula is C28H24O3. The Balaban J connectivity index is 1.81. The lowest BCUT2D eigenvalue weighted by Crippen LogP contribution is -2.41. The Bertz CT molecular complexity index is 1020. The Hall–Kier alpha value is -3.69. The predicted molar refractivity (Wildman–Crippen MR) is 121 cm³/mol. The number of rotatable bonds is 7. The van der Waals surface area contributed by atoms with Gasteiger partial charge >= 0.3 is 5.97 Å². The van der Waals surface area contributed by atoms with Gasteiger partial charge in [0.1, 0.15) is 0 Å². The number of hydrogen-bond donors (Lipinski definition) is 0. The molecule has 0 fully saturated rings. The van der Waals surface area contributed by atoms with Gasteiger partial charge < -0.3 is 9.47 Å². The molecule has 0 saturated carbocycles. The van der Waals surface area contributed by atoms with Gasteiger partial charge in [-0.1, -0.05) is 121 Å². The highest BCUT2D eigenvalue weighted by Gasteiger charge is 2.45. The Morgan fingerprint density at radius 2 is 0.968 bits per heavy atom. The molecule has 4 rings (SSSR count). The molecule has 0 aliphatic rings. The minimum Gasteiger partial charge on any atom is -0.450 e. The van der Waals surface area contributed by atoms with Crippen LogP contribution in [0.5, 0.6) is 0 Å². The lowest BCUT2D eigenvalue weighted by atomic mass is 9.86. The Labute approximate surface area is 182 Å². The minimum absolute atomic E-state index is 0.467. The van der Waals surface area contributed by atoms with Crippen LogP contribution in [0.25, 0.3) is 0 Å². The van der Waals surface area contributed by atoms with Gasteiger partial charge in [0.15, 0.2) is 6.10 Å². The standard InChI is InChI=1S/C28H24O3/c1-30-28(24-18-10-4-11-19-24,25-20-12-5-13-21-25)27(29)31-26(22-14-6-2-7-15-22)23-16-8-3-9-17-23/h2-21,26H,1H3. The first-order valence-corrected chi connectivity index (χ1v) is 10.2. The van der Waals surface area contributed by atoms with Crippen molar-refractivity contribution in [3.8, 4) is 0 Å². The molecule has 0 aliphatic carbocycles. The normalized spacial score (nSPS) is 11.3. The van der Waals surface area contributed by atoms with Crippen molar-refractivity contribution in [3.63, 3.8) is 0 Å². The monoisotopic (exact) mass is 408 g/mol. The van der Waals surface area contributed by atoms with E-state index < -0.39 is 17.7 Å². The zero-order chi connectivity index (χ0) is 21.5. The third-order valence-electron chi connectivity index (χ3n) is 5.38. The molecule has 4 aromatic rings. The summed E-state index contributed by atoms with van der Waals surface area (Å²) in [7, 11) is 1.54. The molecule has 0 spiro atoms. The number of esters is 1. The highest BCUT2D eigenvalue weighted by atomic mass is 16.6. The van der Waals surface area contributed by atoms with Crippen LogP contribution in [0.2, 0.25) is 0 Å². The lowest BCUT2D eigenvalue weighted by molar-refractivity contribution is -0.169. The van der Waals surface area contributed by atoms with E-state index in [4.69, 9.17) is 9.47 Å². The maximum Gasteiger partial charge on any atom is 0.348 e. The largest absolute Gasteiger partial charge is 0.450 e. The van der Waals surface area contributed by atoms with Crippen LogP contribution in [0.15, 0.2) is 121 Å². The third kappa shape index (κ3) is 4.14. The van der Waals surface area contributed by atoms with E-state index >= 15 is 0 Å². The maximum absolute atomic E-state index is 13.9. The molecule has 0 amide bonds. The third-order valence-corrected chi connectivity index (χ3v) is 5.38. The first-order chi connectivity index (χ1) is 15.3. The Morgan fingerprint density at radius 3 is 1.32 bits per heavy atom. The van der Waals surface area contributed by atoms with Gasteiger partial charge in [-0.3, -0.25) is 0 Å². The number of carbonyl (C=O) groups is 1. The van der Waals surface area contributed by atoms with Crippen molar-refractivity contribution in [2.24, 2.45) is 0 Å².